The van der Waals surface area contributed by atoms with E-state index >= 15 is 0 Å². The van der Waals surface area contributed by atoms with Gasteiger partial charge in [0, 0.05) is 28.4 Å². The van der Waals surface area contributed by atoms with Crippen LogP contribution >= 0.6 is 15.9 Å². The number of hydrogen-bond acceptors (Lipinski definition) is 2. The lowest BCUT2D eigenvalue weighted by Crippen LogP contribution is -2.22. The Hall–Kier alpha value is -1.32. The third-order valence-electron chi connectivity index (χ3n) is 3.26. The molecule has 0 aromatic heterocycles. The second kappa shape index (κ2) is 6.91. The highest BCUT2D eigenvalue weighted by Crippen LogP contribution is 2.31. The van der Waals surface area contributed by atoms with Crippen LogP contribution in [0.15, 0.2) is 53.0 Å². The van der Waals surface area contributed by atoms with Crippen molar-refractivity contribution in [2.45, 2.75) is 26.3 Å². The molecule has 2 rings (SSSR count). The summed E-state index contributed by atoms with van der Waals surface area (Å²) in [6, 6.07) is 17.0. The zero-order valence-corrected chi connectivity index (χ0v) is 13.6. The maximum atomic E-state index is 5.98. The van der Waals surface area contributed by atoms with Crippen LogP contribution in [0, 0.1) is 0 Å². The molecule has 2 aromatic carbocycles. The van der Waals surface area contributed by atoms with Crippen molar-refractivity contribution in [3.05, 3.63) is 58.6 Å². The van der Waals surface area contributed by atoms with Crippen molar-refractivity contribution in [3.63, 3.8) is 0 Å². The molecular weight excluding hydrogens is 312 g/mol. The lowest BCUT2D eigenvalue weighted by Gasteiger charge is -2.26. The average molecular weight is 333 g/mol. The number of rotatable bonds is 5. The number of benzene rings is 2. The van der Waals surface area contributed by atoms with Crippen LogP contribution in [-0.4, -0.2) is 12.6 Å². The molecule has 1 atom stereocenters. The topological polar surface area (TPSA) is 29.3 Å². The van der Waals surface area contributed by atoms with E-state index < -0.39 is 0 Å². The lowest BCUT2D eigenvalue weighted by molar-refractivity contribution is 0.736. The molecule has 0 aliphatic carbocycles. The molecule has 106 valence electrons. The van der Waals surface area contributed by atoms with E-state index in [4.69, 9.17) is 5.73 Å². The molecule has 2 N–H and O–H groups in total. The normalized spacial score (nSPS) is 12.2. The minimum absolute atomic E-state index is 0.157. The largest absolute Gasteiger partial charge is 0.342 e. The summed E-state index contributed by atoms with van der Waals surface area (Å²) in [5.41, 5.74) is 9.70. The van der Waals surface area contributed by atoms with E-state index in [9.17, 15) is 0 Å². The van der Waals surface area contributed by atoms with E-state index in [0.717, 1.165) is 17.4 Å². The third-order valence-corrected chi connectivity index (χ3v) is 3.76. The molecule has 0 saturated heterocycles. The SMILES string of the molecule is CCN(c1ccccc1)c1cc(Br)ccc1CC(C)N. The van der Waals surface area contributed by atoms with Crippen LogP contribution < -0.4 is 10.6 Å². The van der Waals surface area contributed by atoms with E-state index in [2.05, 4.69) is 70.2 Å². The summed E-state index contributed by atoms with van der Waals surface area (Å²) in [6.45, 7) is 5.14. The smallest absolute Gasteiger partial charge is 0.0455 e. The number of nitrogens with two attached hydrogens (primary N) is 1. The molecule has 0 radical (unpaired) electrons. The summed E-state index contributed by atoms with van der Waals surface area (Å²) in [4.78, 5) is 2.32. The van der Waals surface area contributed by atoms with Crippen LogP contribution in [0.25, 0.3) is 0 Å². The van der Waals surface area contributed by atoms with Crippen molar-refractivity contribution in [3.8, 4) is 0 Å². The van der Waals surface area contributed by atoms with Crippen LogP contribution in [0.5, 0.6) is 0 Å². The standard InChI is InChI=1S/C17H21BrN2/c1-3-20(16-7-5-4-6-8-16)17-12-15(18)10-9-14(17)11-13(2)19/h4-10,12-13H,3,11,19H2,1-2H3. The monoisotopic (exact) mass is 332 g/mol. The fourth-order valence-electron chi connectivity index (χ4n) is 2.41. The van der Waals surface area contributed by atoms with Gasteiger partial charge in [-0.2, -0.15) is 0 Å². The maximum Gasteiger partial charge on any atom is 0.0455 e. The molecule has 2 nitrogen and oxygen atoms in total. The zero-order valence-electron chi connectivity index (χ0n) is 12.0. The molecule has 0 aliphatic rings. The zero-order chi connectivity index (χ0) is 14.5. The van der Waals surface area contributed by atoms with Gasteiger partial charge in [0.25, 0.3) is 0 Å². The Morgan fingerprint density at radius 3 is 2.45 bits per heavy atom. The first-order valence-electron chi connectivity index (χ1n) is 6.98. The Labute approximate surface area is 129 Å². The van der Waals surface area contributed by atoms with E-state index in [-0.39, 0.29) is 6.04 Å². The predicted octanol–water partition coefficient (Wildman–Crippen LogP) is 4.50. The van der Waals surface area contributed by atoms with Crippen LogP contribution in [0.4, 0.5) is 11.4 Å². The van der Waals surface area contributed by atoms with Gasteiger partial charge in [0.1, 0.15) is 0 Å². The van der Waals surface area contributed by atoms with Gasteiger partial charge in [-0.3, -0.25) is 0 Å². The molecule has 0 bridgehead atoms. The van der Waals surface area contributed by atoms with Gasteiger partial charge >= 0.3 is 0 Å². The van der Waals surface area contributed by atoms with E-state index in [1.165, 1.54) is 16.9 Å². The van der Waals surface area contributed by atoms with Crippen LogP contribution in [-0.2, 0) is 6.42 Å². The highest BCUT2D eigenvalue weighted by Gasteiger charge is 2.13. The Morgan fingerprint density at radius 2 is 1.85 bits per heavy atom. The molecule has 0 saturated carbocycles. The molecular formula is C17H21BrN2. The summed E-state index contributed by atoms with van der Waals surface area (Å²) in [7, 11) is 0. The summed E-state index contributed by atoms with van der Waals surface area (Å²) in [6.07, 6.45) is 0.881. The van der Waals surface area contributed by atoms with Crippen molar-refractivity contribution in [2.24, 2.45) is 5.73 Å². The summed E-state index contributed by atoms with van der Waals surface area (Å²) in [5, 5.41) is 0. The second-order valence-corrected chi connectivity index (χ2v) is 5.95. The average Bonchev–Trinajstić information content (AvgIpc) is 2.43. The van der Waals surface area contributed by atoms with Crippen molar-refractivity contribution in [2.75, 3.05) is 11.4 Å². The summed E-state index contributed by atoms with van der Waals surface area (Å²) in [5.74, 6) is 0. The highest BCUT2D eigenvalue weighted by atomic mass is 79.9. The van der Waals surface area contributed by atoms with Crippen LogP contribution in [0.1, 0.15) is 19.4 Å². The van der Waals surface area contributed by atoms with Crippen molar-refractivity contribution in [1.82, 2.24) is 0 Å². The lowest BCUT2D eigenvalue weighted by atomic mass is 10.0. The number of nitrogens with zero attached hydrogens (tertiary/aromatic N) is 1. The van der Waals surface area contributed by atoms with Gasteiger partial charge < -0.3 is 10.6 Å². The predicted molar refractivity (Wildman–Crippen MR) is 90.6 cm³/mol. The van der Waals surface area contributed by atoms with Crippen LogP contribution in [0.3, 0.4) is 0 Å². The molecule has 0 amide bonds. The first kappa shape index (κ1) is 15.1. The number of hydrogen-bond donors (Lipinski definition) is 1. The minimum Gasteiger partial charge on any atom is -0.342 e. The Morgan fingerprint density at radius 1 is 1.15 bits per heavy atom. The van der Waals surface area contributed by atoms with Gasteiger partial charge in [-0.25, -0.2) is 0 Å². The molecule has 1 unspecified atom stereocenters. The molecule has 2 aromatic rings. The van der Waals surface area contributed by atoms with Crippen molar-refractivity contribution in [1.29, 1.82) is 0 Å². The third kappa shape index (κ3) is 3.62. The molecule has 0 fully saturated rings. The molecule has 3 heteroatoms. The Kier molecular flexibility index (Phi) is 5.21. The highest BCUT2D eigenvalue weighted by molar-refractivity contribution is 9.10. The Balaban J connectivity index is 2.45. The van der Waals surface area contributed by atoms with E-state index in [1.54, 1.807) is 0 Å². The number of anilines is 2. The fraction of sp³-hybridized carbons (Fsp3) is 0.294. The van der Waals surface area contributed by atoms with Gasteiger partial charge in [0.05, 0.1) is 0 Å². The van der Waals surface area contributed by atoms with Gasteiger partial charge in [-0.15, -0.1) is 0 Å². The molecule has 20 heavy (non-hydrogen) atoms. The minimum atomic E-state index is 0.157. The van der Waals surface area contributed by atoms with Gasteiger partial charge in [-0.1, -0.05) is 40.2 Å². The summed E-state index contributed by atoms with van der Waals surface area (Å²) < 4.78 is 1.09. The molecule has 0 aliphatic heterocycles. The van der Waals surface area contributed by atoms with Gasteiger partial charge in [0.15, 0.2) is 0 Å². The first-order valence-corrected chi connectivity index (χ1v) is 7.77. The van der Waals surface area contributed by atoms with E-state index in [1.807, 2.05) is 13.0 Å². The number of para-hydroxylation sites is 1. The van der Waals surface area contributed by atoms with Crippen LogP contribution in [0.2, 0.25) is 0 Å². The first-order chi connectivity index (χ1) is 9.61. The van der Waals surface area contributed by atoms with Gasteiger partial charge in [0.2, 0.25) is 0 Å². The fourth-order valence-corrected chi connectivity index (χ4v) is 2.76. The van der Waals surface area contributed by atoms with Crippen molar-refractivity contribution < 1.29 is 0 Å². The summed E-state index contributed by atoms with van der Waals surface area (Å²) >= 11 is 3.57. The molecule has 0 spiro atoms. The Bertz CT molecular complexity index is 552. The molecule has 0 heterocycles. The number of halogens is 1. The quantitative estimate of drug-likeness (QED) is 0.873. The second-order valence-electron chi connectivity index (χ2n) is 5.03. The van der Waals surface area contributed by atoms with Crippen molar-refractivity contribution >= 4 is 27.3 Å². The van der Waals surface area contributed by atoms with E-state index in [0.29, 0.717) is 0 Å². The van der Waals surface area contributed by atoms with Gasteiger partial charge in [-0.05, 0) is 50.1 Å². The maximum absolute atomic E-state index is 5.98.